The highest BCUT2D eigenvalue weighted by atomic mass is 16.6. The molecule has 1 fully saturated rings. The number of ether oxygens (including phenoxy) is 1. The molecule has 1 aliphatic rings. The summed E-state index contributed by atoms with van der Waals surface area (Å²) in [6, 6.07) is 10.1. The number of hydrogen-bond acceptors (Lipinski definition) is 5. The van der Waals surface area contributed by atoms with Gasteiger partial charge < -0.3 is 26.0 Å². The van der Waals surface area contributed by atoms with Crippen LogP contribution in [0.25, 0.3) is 0 Å². The molecule has 2 amide bonds. The van der Waals surface area contributed by atoms with Crippen molar-refractivity contribution in [1.29, 1.82) is 0 Å². The molecule has 1 aromatic carbocycles. The van der Waals surface area contributed by atoms with Gasteiger partial charge in [-0.25, -0.2) is 4.79 Å². The molecular weight excluding hydrogens is 380 g/mol. The van der Waals surface area contributed by atoms with Crippen molar-refractivity contribution >= 4 is 12.0 Å². The Bertz CT molecular complexity index is 675. The van der Waals surface area contributed by atoms with Gasteiger partial charge in [-0.15, -0.1) is 0 Å². The first-order valence-corrected chi connectivity index (χ1v) is 11.0. The van der Waals surface area contributed by atoms with E-state index in [4.69, 9.17) is 10.5 Å². The molecule has 7 nitrogen and oxygen atoms in total. The lowest BCUT2D eigenvalue weighted by atomic mass is 9.95. The largest absolute Gasteiger partial charge is 0.444 e. The Morgan fingerprint density at radius 3 is 2.63 bits per heavy atom. The van der Waals surface area contributed by atoms with Crippen LogP contribution in [-0.4, -0.2) is 60.8 Å². The van der Waals surface area contributed by atoms with Gasteiger partial charge >= 0.3 is 6.09 Å². The molecule has 168 valence electrons. The van der Waals surface area contributed by atoms with Crippen LogP contribution in [0.3, 0.4) is 0 Å². The molecule has 1 aromatic rings. The summed E-state index contributed by atoms with van der Waals surface area (Å²) in [5, 5.41) is 6.14. The molecule has 0 aliphatic carbocycles. The fraction of sp³-hybridized carbons (Fsp3) is 0.652. The molecule has 1 heterocycles. The Kier molecular flexibility index (Phi) is 9.11. The molecule has 1 aliphatic heterocycles. The Morgan fingerprint density at radius 1 is 1.33 bits per heavy atom. The minimum absolute atomic E-state index is 0.0753. The molecule has 2 rings (SSSR count). The van der Waals surface area contributed by atoms with Crippen molar-refractivity contribution in [2.24, 2.45) is 5.73 Å². The Hall–Kier alpha value is -2.12. The number of hydrogen-bond donors (Lipinski definition) is 3. The highest BCUT2D eigenvalue weighted by molar-refractivity contribution is 5.82. The molecular formula is C23H38N4O3. The average Bonchev–Trinajstić information content (AvgIpc) is 2.84. The Morgan fingerprint density at radius 2 is 2.03 bits per heavy atom. The third kappa shape index (κ3) is 7.61. The molecule has 7 heteroatoms. The van der Waals surface area contributed by atoms with Gasteiger partial charge in [-0.05, 0) is 45.6 Å². The van der Waals surface area contributed by atoms with Crippen LogP contribution >= 0.6 is 0 Å². The summed E-state index contributed by atoms with van der Waals surface area (Å²) >= 11 is 0. The first kappa shape index (κ1) is 24.2. The molecule has 0 spiro atoms. The minimum Gasteiger partial charge on any atom is -0.444 e. The van der Waals surface area contributed by atoms with Crippen molar-refractivity contribution in [1.82, 2.24) is 15.5 Å². The fourth-order valence-corrected chi connectivity index (χ4v) is 3.75. The molecule has 4 N–H and O–H groups in total. The standard InChI is InChI=1S/C23H38N4O3/c1-5-17(18-9-7-6-8-10-18)16-27-14-12-19(15-24)26-20(21(27)28)11-13-25-22(29)30-23(2,3)4/h6-10,17,19-20,26H,5,11-16,24H2,1-4H3,(H,25,29)/t17?,19?,20-/m0/s1. The predicted octanol–water partition coefficient (Wildman–Crippen LogP) is 2.61. The van der Waals surface area contributed by atoms with Crippen LogP contribution in [0.15, 0.2) is 30.3 Å². The summed E-state index contributed by atoms with van der Waals surface area (Å²) in [4.78, 5) is 27.1. The van der Waals surface area contributed by atoms with E-state index in [9.17, 15) is 9.59 Å². The fourth-order valence-electron chi connectivity index (χ4n) is 3.75. The maximum atomic E-state index is 13.3. The number of alkyl carbamates (subject to hydrolysis) is 1. The lowest BCUT2D eigenvalue weighted by Gasteiger charge is -2.28. The summed E-state index contributed by atoms with van der Waals surface area (Å²) in [5.74, 6) is 0.372. The zero-order chi connectivity index (χ0) is 22.1. The number of carbonyl (C=O) groups excluding carboxylic acids is 2. The number of amides is 2. The second kappa shape index (κ2) is 11.3. The highest BCUT2D eigenvalue weighted by Crippen LogP contribution is 2.22. The Balaban J connectivity index is 2.00. The van der Waals surface area contributed by atoms with Crippen LogP contribution in [0.2, 0.25) is 0 Å². The number of nitrogens with one attached hydrogen (secondary N) is 2. The number of benzene rings is 1. The van der Waals surface area contributed by atoms with Gasteiger partial charge in [-0.2, -0.15) is 0 Å². The van der Waals surface area contributed by atoms with Crippen molar-refractivity contribution in [3.8, 4) is 0 Å². The van der Waals surface area contributed by atoms with Crippen LogP contribution in [0.4, 0.5) is 4.79 Å². The molecule has 0 aromatic heterocycles. The molecule has 2 unspecified atom stereocenters. The van der Waals surface area contributed by atoms with Crippen LogP contribution in [0, 0.1) is 0 Å². The van der Waals surface area contributed by atoms with Gasteiger partial charge in [0.1, 0.15) is 5.60 Å². The van der Waals surface area contributed by atoms with E-state index < -0.39 is 11.7 Å². The maximum Gasteiger partial charge on any atom is 0.407 e. The quantitative estimate of drug-likeness (QED) is 0.603. The molecule has 0 saturated carbocycles. The first-order valence-electron chi connectivity index (χ1n) is 11.0. The number of nitrogens with two attached hydrogens (primary N) is 1. The molecule has 0 bridgehead atoms. The summed E-state index contributed by atoms with van der Waals surface area (Å²) in [7, 11) is 0. The van der Waals surface area contributed by atoms with E-state index in [1.807, 2.05) is 43.9 Å². The van der Waals surface area contributed by atoms with E-state index in [0.717, 1.165) is 12.8 Å². The van der Waals surface area contributed by atoms with E-state index >= 15 is 0 Å². The molecule has 1 saturated heterocycles. The van der Waals surface area contributed by atoms with Gasteiger partial charge in [-0.3, -0.25) is 4.79 Å². The zero-order valence-electron chi connectivity index (χ0n) is 18.8. The predicted molar refractivity (Wildman–Crippen MR) is 119 cm³/mol. The van der Waals surface area contributed by atoms with Gasteiger partial charge in [0.25, 0.3) is 0 Å². The molecule has 3 atom stereocenters. The maximum absolute atomic E-state index is 13.3. The zero-order valence-corrected chi connectivity index (χ0v) is 18.8. The second-order valence-electron chi connectivity index (χ2n) is 8.96. The van der Waals surface area contributed by atoms with Crippen molar-refractivity contribution in [2.45, 2.75) is 70.6 Å². The number of nitrogens with zero attached hydrogens (tertiary/aromatic N) is 1. The highest BCUT2D eigenvalue weighted by Gasteiger charge is 2.31. The van der Waals surface area contributed by atoms with E-state index in [0.29, 0.717) is 38.5 Å². The monoisotopic (exact) mass is 418 g/mol. The van der Waals surface area contributed by atoms with E-state index in [1.165, 1.54) is 5.56 Å². The van der Waals surface area contributed by atoms with Gasteiger partial charge in [0, 0.05) is 38.1 Å². The summed E-state index contributed by atoms with van der Waals surface area (Å²) in [5.41, 5.74) is 6.61. The number of rotatable bonds is 8. The van der Waals surface area contributed by atoms with Crippen molar-refractivity contribution in [3.63, 3.8) is 0 Å². The van der Waals surface area contributed by atoms with Gasteiger partial charge in [0.2, 0.25) is 5.91 Å². The smallest absolute Gasteiger partial charge is 0.407 e. The summed E-state index contributed by atoms with van der Waals surface area (Å²) in [6.45, 7) is 9.84. The molecule has 0 radical (unpaired) electrons. The van der Waals surface area contributed by atoms with Crippen molar-refractivity contribution < 1.29 is 14.3 Å². The van der Waals surface area contributed by atoms with Crippen LogP contribution in [0.5, 0.6) is 0 Å². The van der Waals surface area contributed by atoms with Crippen molar-refractivity contribution in [3.05, 3.63) is 35.9 Å². The first-order chi connectivity index (χ1) is 14.2. The third-order valence-electron chi connectivity index (χ3n) is 5.38. The summed E-state index contributed by atoms with van der Waals surface area (Å²) in [6.07, 6.45) is 1.81. The van der Waals surface area contributed by atoms with Gasteiger partial charge in [0.15, 0.2) is 0 Å². The van der Waals surface area contributed by atoms with Crippen LogP contribution in [0.1, 0.15) is 58.4 Å². The van der Waals surface area contributed by atoms with E-state index in [1.54, 1.807) is 0 Å². The van der Waals surface area contributed by atoms with Gasteiger partial charge in [-0.1, -0.05) is 37.3 Å². The lowest BCUT2D eigenvalue weighted by molar-refractivity contribution is -0.133. The third-order valence-corrected chi connectivity index (χ3v) is 5.38. The lowest BCUT2D eigenvalue weighted by Crippen LogP contribution is -2.49. The van der Waals surface area contributed by atoms with Crippen LogP contribution in [-0.2, 0) is 9.53 Å². The molecule has 30 heavy (non-hydrogen) atoms. The van der Waals surface area contributed by atoms with Gasteiger partial charge in [0.05, 0.1) is 6.04 Å². The normalized spacial score (nSPS) is 21.1. The SMILES string of the molecule is CCC(CN1CCC(CN)N[C@@H](CCNC(=O)OC(C)(C)C)C1=O)c1ccccc1. The second-order valence-corrected chi connectivity index (χ2v) is 8.96. The average molecular weight is 419 g/mol. The Labute approximate surface area is 180 Å². The van der Waals surface area contributed by atoms with E-state index in [2.05, 4.69) is 29.7 Å². The van der Waals surface area contributed by atoms with Crippen LogP contribution < -0.4 is 16.4 Å². The van der Waals surface area contributed by atoms with Crippen molar-refractivity contribution in [2.75, 3.05) is 26.2 Å². The topological polar surface area (TPSA) is 96.7 Å². The van der Waals surface area contributed by atoms with E-state index in [-0.39, 0.29) is 18.0 Å². The number of carbonyl (C=O) groups is 2. The summed E-state index contributed by atoms with van der Waals surface area (Å²) < 4.78 is 5.27. The minimum atomic E-state index is -0.547.